The molecule has 0 radical (unpaired) electrons. The van der Waals surface area contributed by atoms with Crippen molar-refractivity contribution in [2.45, 2.75) is 18.4 Å². The summed E-state index contributed by atoms with van der Waals surface area (Å²) in [5, 5.41) is 3.11. The minimum Gasteiger partial charge on any atom is -0.351 e. The Balaban J connectivity index is 1.86. The number of carbonyl (C=O) groups is 1. The van der Waals surface area contributed by atoms with Crippen molar-refractivity contribution in [3.05, 3.63) is 64.7 Å². The van der Waals surface area contributed by atoms with Crippen LogP contribution in [0.15, 0.2) is 53.4 Å². The van der Waals surface area contributed by atoms with Gasteiger partial charge in [0.2, 0.25) is 15.9 Å². The molecule has 0 aliphatic heterocycles. The van der Waals surface area contributed by atoms with Crippen LogP contribution in [0.4, 0.5) is 0 Å². The zero-order valence-electron chi connectivity index (χ0n) is 12.5. The summed E-state index contributed by atoms with van der Waals surface area (Å²) in [5.74, 6) is -0.400. The Hall–Kier alpha value is -1.89. The lowest BCUT2D eigenvalue weighted by Gasteiger charge is -2.08. The van der Waals surface area contributed by atoms with Gasteiger partial charge < -0.3 is 5.32 Å². The minimum atomic E-state index is -3.73. The molecule has 7 heteroatoms. The van der Waals surface area contributed by atoms with Crippen LogP contribution in [0.5, 0.6) is 0 Å². The molecule has 0 unspecified atom stereocenters. The Morgan fingerprint density at radius 2 is 1.65 bits per heavy atom. The predicted molar refractivity (Wildman–Crippen MR) is 89.7 cm³/mol. The molecule has 0 bridgehead atoms. The first-order chi connectivity index (χ1) is 10.9. The lowest BCUT2D eigenvalue weighted by atomic mass is 10.1. The van der Waals surface area contributed by atoms with Gasteiger partial charge in [-0.2, -0.15) is 0 Å². The number of sulfonamides is 1. The van der Waals surface area contributed by atoms with Crippen molar-refractivity contribution in [3.63, 3.8) is 0 Å². The van der Waals surface area contributed by atoms with Crippen molar-refractivity contribution in [2.24, 2.45) is 0 Å². The molecule has 0 fully saturated rings. The third-order valence-electron chi connectivity index (χ3n) is 3.16. The van der Waals surface area contributed by atoms with E-state index in [0.29, 0.717) is 11.6 Å². The van der Waals surface area contributed by atoms with E-state index < -0.39 is 15.9 Å². The molecule has 2 aromatic rings. The molecule has 2 N–H and O–H groups in total. The number of rotatable bonds is 6. The average Bonchev–Trinajstić information content (AvgIpc) is 2.53. The van der Waals surface area contributed by atoms with Crippen LogP contribution in [0, 0.1) is 6.92 Å². The van der Waals surface area contributed by atoms with Crippen LogP contribution in [0.1, 0.15) is 11.1 Å². The largest absolute Gasteiger partial charge is 0.351 e. The van der Waals surface area contributed by atoms with Gasteiger partial charge in [0.15, 0.2) is 0 Å². The van der Waals surface area contributed by atoms with Gasteiger partial charge in [0, 0.05) is 11.6 Å². The maximum absolute atomic E-state index is 12.0. The van der Waals surface area contributed by atoms with E-state index in [1.54, 1.807) is 0 Å². The van der Waals surface area contributed by atoms with Crippen LogP contribution in [-0.2, 0) is 21.4 Å². The Morgan fingerprint density at radius 1 is 1.04 bits per heavy atom. The van der Waals surface area contributed by atoms with Crippen LogP contribution in [0.3, 0.4) is 0 Å². The number of carbonyl (C=O) groups excluding carboxylic acids is 1. The van der Waals surface area contributed by atoms with Crippen molar-refractivity contribution in [1.82, 2.24) is 10.0 Å². The molecule has 0 aromatic heterocycles. The van der Waals surface area contributed by atoms with Gasteiger partial charge in [0.1, 0.15) is 0 Å². The quantitative estimate of drug-likeness (QED) is 0.837. The first-order valence-electron chi connectivity index (χ1n) is 6.94. The van der Waals surface area contributed by atoms with E-state index in [1.807, 2.05) is 31.2 Å². The highest BCUT2D eigenvalue weighted by Gasteiger charge is 2.15. The minimum absolute atomic E-state index is 0.0632. The molecular formula is C16H17ClN2O3S. The fourth-order valence-electron chi connectivity index (χ4n) is 1.83. The van der Waals surface area contributed by atoms with Gasteiger partial charge in [0.25, 0.3) is 0 Å². The maximum Gasteiger partial charge on any atom is 0.241 e. The van der Waals surface area contributed by atoms with Gasteiger partial charge in [-0.15, -0.1) is 0 Å². The van der Waals surface area contributed by atoms with E-state index in [-0.39, 0.29) is 11.4 Å². The summed E-state index contributed by atoms with van der Waals surface area (Å²) >= 11 is 5.72. The maximum atomic E-state index is 12.0. The Kier molecular flexibility index (Phi) is 5.76. The summed E-state index contributed by atoms with van der Waals surface area (Å²) in [7, 11) is -3.73. The molecule has 0 saturated carbocycles. The van der Waals surface area contributed by atoms with Crippen molar-refractivity contribution in [2.75, 3.05) is 6.54 Å². The second-order valence-corrected chi connectivity index (χ2v) is 7.24. The van der Waals surface area contributed by atoms with E-state index in [4.69, 9.17) is 11.6 Å². The summed E-state index contributed by atoms with van der Waals surface area (Å²) in [6.45, 7) is 2.01. The first kappa shape index (κ1) is 17.5. The number of nitrogens with one attached hydrogen (secondary N) is 2. The third-order valence-corrected chi connectivity index (χ3v) is 4.83. The second-order valence-electron chi connectivity index (χ2n) is 5.04. The fourth-order valence-corrected chi connectivity index (χ4v) is 2.93. The topological polar surface area (TPSA) is 75.3 Å². The van der Waals surface area contributed by atoms with Gasteiger partial charge in [-0.25, -0.2) is 13.1 Å². The van der Waals surface area contributed by atoms with E-state index in [9.17, 15) is 13.2 Å². The SMILES string of the molecule is Cc1ccc(CNC(=O)CNS(=O)(=O)c2ccc(Cl)cc2)cc1. The molecular weight excluding hydrogens is 336 g/mol. The fraction of sp³-hybridized carbons (Fsp3) is 0.188. The summed E-state index contributed by atoms with van der Waals surface area (Å²) < 4.78 is 26.3. The van der Waals surface area contributed by atoms with E-state index in [0.717, 1.165) is 11.1 Å². The summed E-state index contributed by atoms with van der Waals surface area (Å²) in [6, 6.07) is 13.4. The molecule has 0 aliphatic rings. The van der Waals surface area contributed by atoms with Crippen LogP contribution in [0.2, 0.25) is 5.02 Å². The Morgan fingerprint density at radius 3 is 2.26 bits per heavy atom. The van der Waals surface area contributed by atoms with Gasteiger partial charge >= 0.3 is 0 Å². The smallest absolute Gasteiger partial charge is 0.241 e. The van der Waals surface area contributed by atoms with Crippen LogP contribution >= 0.6 is 11.6 Å². The molecule has 2 aromatic carbocycles. The first-order valence-corrected chi connectivity index (χ1v) is 8.80. The molecule has 23 heavy (non-hydrogen) atoms. The molecule has 0 spiro atoms. The molecule has 0 saturated heterocycles. The number of hydrogen-bond acceptors (Lipinski definition) is 3. The highest BCUT2D eigenvalue weighted by molar-refractivity contribution is 7.89. The van der Waals surface area contributed by atoms with Crippen LogP contribution in [0.25, 0.3) is 0 Å². The van der Waals surface area contributed by atoms with Crippen molar-refractivity contribution in [1.29, 1.82) is 0 Å². The lowest BCUT2D eigenvalue weighted by Crippen LogP contribution is -2.36. The number of benzene rings is 2. The molecule has 5 nitrogen and oxygen atoms in total. The van der Waals surface area contributed by atoms with Crippen molar-refractivity contribution < 1.29 is 13.2 Å². The highest BCUT2D eigenvalue weighted by Crippen LogP contribution is 2.13. The predicted octanol–water partition coefficient (Wildman–Crippen LogP) is 2.24. The van der Waals surface area contributed by atoms with Crippen LogP contribution < -0.4 is 10.0 Å². The van der Waals surface area contributed by atoms with Crippen molar-refractivity contribution >= 4 is 27.5 Å². The standard InChI is InChI=1S/C16H17ClN2O3S/c1-12-2-4-13(5-3-12)10-18-16(20)11-19-23(21,22)15-8-6-14(17)7-9-15/h2-9,19H,10-11H2,1H3,(H,18,20). The Bertz CT molecular complexity index is 772. The third kappa shape index (κ3) is 5.35. The van der Waals surface area contributed by atoms with Crippen LogP contribution in [-0.4, -0.2) is 20.9 Å². The van der Waals surface area contributed by atoms with E-state index in [2.05, 4.69) is 10.0 Å². The number of aryl methyl sites for hydroxylation is 1. The number of halogens is 1. The number of hydrogen-bond donors (Lipinski definition) is 2. The monoisotopic (exact) mass is 352 g/mol. The van der Waals surface area contributed by atoms with Gasteiger partial charge in [-0.3, -0.25) is 4.79 Å². The Labute approximate surface area is 140 Å². The zero-order valence-corrected chi connectivity index (χ0v) is 14.1. The molecule has 1 amide bonds. The van der Waals surface area contributed by atoms with E-state index in [1.165, 1.54) is 24.3 Å². The van der Waals surface area contributed by atoms with E-state index >= 15 is 0 Å². The van der Waals surface area contributed by atoms with Gasteiger partial charge in [-0.1, -0.05) is 41.4 Å². The molecule has 122 valence electrons. The average molecular weight is 353 g/mol. The lowest BCUT2D eigenvalue weighted by molar-refractivity contribution is -0.120. The zero-order chi connectivity index (χ0) is 16.9. The van der Waals surface area contributed by atoms with Gasteiger partial charge in [0.05, 0.1) is 11.4 Å². The molecule has 2 rings (SSSR count). The molecule has 0 aliphatic carbocycles. The van der Waals surface area contributed by atoms with Crippen molar-refractivity contribution in [3.8, 4) is 0 Å². The van der Waals surface area contributed by atoms with Gasteiger partial charge in [-0.05, 0) is 36.8 Å². The molecule has 0 heterocycles. The normalized spacial score (nSPS) is 11.2. The summed E-state index contributed by atoms with van der Waals surface area (Å²) in [4.78, 5) is 11.8. The summed E-state index contributed by atoms with van der Waals surface area (Å²) in [6.07, 6.45) is 0. The number of amides is 1. The highest BCUT2D eigenvalue weighted by atomic mass is 35.5. The summed E-state index contributed by atoms with van der Waals surface area (Å²) in [5.41, 5.74) is 2.08. The second kappa shape index (κ2) is 7.59. The molecule has 0 atom stereocenters.